The molecule has 0 heterocycles. The first kappa shape index (κ1) is 11.4. The summed E-state index contributed by atoms with van der Waals surface area (Å²) in [7, 11) is 0. The van der Waals surface area contributed by atoms with Gasteiger partial charge < -0.3 is 5.32 Å². The van der Waals surface area contributed by atoms with Crippen LogP contribution in [0.4, 0.5) is 10.1 Å². The number of hydrogen-bond acceptors (Lipinski definition) is 1. The molecule has 0 atom stereocenters. The van der Waals surface area contributed by atoms with Crippen LogP contribution in [0.15, 0.2) is 24.3 Å². The maximum absolute atomic E-state index is 12.9. The Kier molecular flexibility index (Phi) is 3.81. The third-order valence-corrected chi connectivity index (χ3v) is 3.55. The molecular weight excluding hydrogens is 201 g/mol. The summed E-state index contributed by atoms with van der Waals surface area (Å²) in [5.41, 5.74) is 0.902. The average Bonchev–Trinajstić information content (AvgIpc) is 2.28. The SMILES string of the molecule is CC1CCC(CNc2cccc(F)c2)CC1. The molecular formula is C14H20FN. The lowest BCUT2D eigenvalue weighted by molar-refractivity contribution is 0.300. The first-order valence-corrected chi connectivity index (χ1v) is 6.23. The molecule has 0 radical (unpaired) electrons. The van der Waals surface area contributed by atoms with E-state index in [0.717, 1.165) is 24.1 Å². The van der Waals surface area contributed by atoms with Gasteiger partial charge in [0.15, 0.2) is 0 Å². The van der Waals surface area contributed by atoms with Crippen molar-refractivity contribution in [3.05, 3.63) is 30.1 Å². The lowest BCUT2D eigenvalue weighted by Gasteiger charge is -2.26. The summed E-state index contributed by atoms with van der Waals surface area (Å²) in [5, 5.41) is 3.33. The first-order chi connectivity index (χ1) is 7.74. The number of halogens is 1. The Morgan fingerprint density at radius 1 is 1.25 bits per heavy atom. The summed E-state index contributed by atoms with van der Waals surface area (Å²) in [6, 6.07) is 6.72. The van der Waals surface area contributed by atoms with E-state index in [0.29, 0.717) is 0 Å². The molecule has 1 aromatic rings. The molecule has 0 aromatic heterocycles. The van der Waals surface area contributed by atoms with E-state index in [1.807, 2.05) is 6.07 Å². The molecule has 1 N–H and O–H groups in total. The van der Waals surface area contributed by atoms with Crippen LogP contribution in [0, 0.1) is 17.7 Å². The molecule has 1 aliphatic rings. The summed E-state index contributed by atoms with van der Waals surface area (Å²) < 4.78 is 12.9. The van der Waals surface area contributed by atoms with Crippen molar-refractivity contribution in [3.8, 4) is 0 Å². The maximum Gasteiger partial charge on any atom is 0.125 e. The number of anilines is 1. The van der Waals surface area contributed by atoms with E-state index in [1.165, 1.54) is 31.7 Å². The monoisotopic (exact) mass is 221 g/mol. The lowest BCUT2D eigenvalue weighted by atomic mass is 9.83. The molecule has 0 spiro atoms. The summed E-state index contributed by atoms with van der Waals surface area (Å²) >= 11 is 0. The van der Waals surface area contributed by atoms with Crippen molar-refractivity contribution in [3.63, 3.8) is 0 Å². The van der Waals surface area contributed by atoms with Crippen molar-refractivity contribution in [2.45, 2.75) is 32.6 Å². The summed E-state index contributed by atoms with van der Waals surface area (Å²) in [6.07, 6.45) is 5.30. The third kappa shape index (κ3) is 3.22. The highest BCUT2D eigenvalue weighted by Crippen LogP contribution is 2.28. The molecule has 1 fully saturated rings. The highest BCUT2D eigenvalue weighted by molar-refractivity contribution is 5.42. The Morgan fingerprint density at radius 2 is 2.00 bits per heavy atom. The van der Waals surface area contributed by atoms with Crippen LogP contribution in [-0.2, 0) is 0 Å². The molecule has 2 heteroatoms. The summed E-state index contributed by atoms with van der Waals surface area (Å²) in [4.78, 5) is 0. The van der Waals surface area contributed by atoms with Gasteiger partial charge in [-0.15, -0.1) is 0 Å². The number of benzene rings is 1. The van der Waals surface area contributed by atoms with Crippen molar-refractivity contribution < 1.29 is 4.39 Å². The highest BCUT2D eigenvalue weighted by Gasteiger charge is 2.17. The van der Waals surface area contributed by atoms with Crippen molar-refractivity contribution in [2.24, 2.45) is 11.8 Å². The Labute approximate surface area is 97.1 Å². The average molecular weight is 221 g/mol. The van der Waals surface area contributed by atoms with Crippen LogP contribution in [0.1, 0.15) is 32.6 Å². The first-order valence-electron chi connectivity index (χ1n) is 6.23. The minimum absolute atomic E-state index is 0.165. The second kappa shape index (κ2) is 5.33. The van der Waals surface area contributed by atoms with E-state index in [1.54, 1.807) is 12.1 Å². The molecule has 0 amide bonds. The third-order valence-electron chi connectivity index (χ3n) is 3.55. The van der Waals surface area contributed by atoms with Gasteiger partial charge in [-0.25, -0.2) is 4.39 Å². The molecule has 2 rings (SSSR count). The molecule has 16 heavy (non-hydrogen) atoms. The molecule has 1 nitrogen and oxygen atoms in total. The smallest absolute Gasteiger partial charge is 0.125 e. The van der Waals surface area contributed by atoms with E-state index in [9.17, 15) is 4.39 Å². The number of rotatable bonds is 3. The Bertz CT molecular complexity index is 329. The number of hydrogen-bond donors (Lipinski definition) is 1. The molecule has 88 valence electrons. The second-order valence-electron chi connectivity index (χ2n) is 5.02. The number of nitrogens with one attached hydrogen (secondary N) is 1. The largest absolute Gasteiger partial charge is 0.385 e. The van der Waals surface area contributed by atoms with E-state index in [2.05, 4.69) is 12.2 Å². The zero-order valence-corrected chi connectivity index (χ0v) is 9.88. The molecule has 0 bridgehead atoms. The van der Waals surface area contributed by atoms with Crippen molar-refractivity contribution in [1.82, 2.24) is 0 Å². The zero-order chi connectivity index (χ0) is 11.4. The van der Waals surface area contributed by atoms with Crippen LogP contribution in [0.3, 0.4) is 0 Å². The standard InChI is InChI=1S/C14H20FN/c1-11-5-7-12(8-6-11)10-16-14-4-2-3-13(15)9-14/h2-4,9,11-12,16H,5-8,10H2,1H3. The van der Waals surface area contributed by atoms with E-state index < -0.39 is 0 Å². The normalized spacial score (nSPS) is 25.4. The molecule has 0 unspecified atom stereocenters. The fraction of sp³-hybridized carbons (Fsp3) is 0.571. The van der Waals surface area contributed by atoms with Gasteiger partial charge in [-0.3, -0.25) is 0 Å². The van der Waals surface area contributed by atoms with Gasteiger partial charge in [0.2, 0.25) is 0 Å². The Balaban J connectivity index is 1.79. The Hall–Kier alpha value is -1.05. The zero-order valence-electron chi connectivity index (χ0n) is 9.88. The van der Waals surface area contributed by atoms with Crippen LogP contribution in [0.5, 0.6) is 0 Å². The van der Waals surface area contributed by atoms with Crippen LogP contribution < -0.4 is 5.32 Å². The highest BCUT2D eigenvalue weighted by atomic mass is 19.1. The minimum Gasteiger partial charge on any atom is -0.385 e. The lowest BCUT2D eigenvalue weighted by Crippen LogP contribution is -2.20. The van der Waals surface area contributed by atoms with Crippen LogP contribution >= 0.6 is 0 Å². The van der Waals surface area contributed by atoms with Gasteiger partial charge in [-0.2, -0.15) is 0 Å². The van der Waals surface area contributed by atoms with E-state index in [-0.39, 0.29) is 5.82 Å². The molecule has 0 saturated heterocycles. The fourth-order valence-electron chi connectivity index (χ4n) is 2.39. The predicted octanol–water partition coefficient (Wildman–Crippen LogP) is 4.06. The van der Waals surface area contributed by atoms with Crippen molar-refractivity contribution in [1.29, 1.82) is 0 Å². The minimum atomic E-state index is -0.165. The summed E-state index contributed by atoms with van der Waals surface area (Å²) in [6.45, 7) is 3.31. The quantitative estimate of drug-likeness (QED) is 0.811. The van der Waals surface area contributed by atoms with Gasteiger partial charge in [0.25, 0.3) is 0 Å². The Morgan fingerprint density at radius 3 is 2.69 bits per heavy atom. The maximum atomic E-state index is 12.9. The van der Waals surface area contributed by atoms with Crippen LogP contribution in [-0.4, -0.2) is 6.54 Å². The van der Waals surface area contributed by atoms with Gasteiger partial charge in [-0.05, 0) is 42.9 Å². The van der Waals surface area contributed by atoms with Gasteiger partial charge in [0.1, 0.15) is 5.82 Å². The van der Waals surface area contributed by atoms with Crippen LogP contribution in [0.25, 0.3) is 0 Å². The topological polar surface area (TPSA) is 12.0 Å². The van der Waals surface area contributed by atoms with E-state index in [4.69, 9.17) is 0 Å². The van der Waals surface area contributed by atoms with Gasteiger partial charge in [-0.1, -0.05) is 25.8 Å². The fourth-order valence-corrected chi connectivity index (χ4v) is 2.39. The molecule has 0 aliphatic heterocycles. The summed E-state index contributed by atoms with van der Waals surface area (Å²) in [5.74, 6) is 1.49. The van der Waals surface area contributed by atoms with Gasteiger partial charge in [0.05, 0.1) is 0 Å². The van der Waals surface area contributed by atoms with Gasteiger partial charge in [0, 0.05) is 12.2 Å². The predicted molar refractivity (Wildman–Crippen MR) is 66.0 cm³/mol. The molecule has 1 saturated carbocycles. The van der Waals surface area contributed by atoms with E-state index >= 15 is 0 Å². The molecule has 1 aliphatic carbocycles. The van der Waals surface area contributed by atoms with Crippen LogP contribution in [0.2, 0.25) is 0 Å². The van der Waals surface area contributed by atoms with Crippen molar-refractivity contribution >= 4 is 5.69 Å². The second-order valence-corrected chi connectivity index (χ2v) is 5.02. The van der Waals surface area contributed by atoms with Crippen molar-refractivity contribution in [2.75, 3.05) is 11.9 Å². The molecule has 1 aromatic carbocycles. The van der Waals surface area contributed by atoms with Gasteiger partial charge >= 0.3 is 0 Å².